The Morgan fingerprint density at radius 2 is 1.65 bits per heavy atom. The van der Waals surface area contributed by atoms with E-state index in [4.69, 9.17) is 18.9 Å². The summed E-state index contributed by atoms with van der Waals surface area (Å²) in [4.78, 5) is 0. The van der Waals surface area contributed by atoms with E-state index >= 15 is 0 Å². The monoisotopic (exact) mass is 283 g/mol. The van der Waals surface area contributed by atoms with E-state index in [-0.39, 0.29) is 12.3 Å². The summed E-state index contributed by atoms with van der Waals surface area (Å²) in [5, 5.41) is 3.43. The Morgan fingerprint density at radius 3 is 2.15 bits per heavy atom. The minimum atomic E-state index is -0.246. The Kier molecular flexibility index (Phi) is 7.36. The number of hydrogen-bond donors (Lipinski definition) is 1. The number of rotatable bonds is 9. The number of ether oxygens (including phenoxy) is 4. The van der Waals surface area contributed by atoms with Crippen LogP contribution in [0.15, 0.2) is 18.2 Å². The lowest BCUT2D eigenvalue weighted by Crippen LogP contribution is -2.32. The van der Waals surface area contributed by atoms with Crippen LogP contribution in [0.5, 0.6) is 11.5 Å². The number of hydrogen-bond acceptors (Lipinski definition) is 5. The van der Waals surface area contributed by atoms with Gasteiger partial charge in [-0.3, -0.25) is 0 Å². The zero-order valence-electron chi connectivity index (χ0n) is 12.9. The predicted octanol–water partition coefficient (Wildman–Crippen LogP) is 2.36. The summed E-state index contributed by atoms with van der Waals surface area (Å²) < 4.78 is 21.0. The molecular formula is C15H25NO4. The van der Waals surface area contributed by atoms with Gasteiger partial charge in [-0.1, -0.05) is 13.0 Å². The molecule has 0 aliphatic heterocycles. The van der Waals surface area contributed by atoms with Crippen molar-refractivity contribution in [2.75, 3.05) is 35.0 Å². The molecule has 0 aliphatic carbocycles. The van der Waals surface area contributed by atoms with E-state index < -0.39 is 0 Å². The fourth-order valence-corrected chi connectivity index (χ4v) is 2.07. The predicted molar refractivity (Wildman–Crippen MR) is 78.4 cm³/mol. The van der Waals surface area contributed by atoms with E-state index in [9.17, 15) is 0 Å². The number of nitrogens with one attached hydrogen (secondary N) is 1. The van der Waals surface area contributed by atoms with Gasteiger partial charge in [-0.2, -0.15) is 0 Å². The Labute approximate surface area is 121 Å². The second kappa shape index (κ2) is 8.79. The van der Waals surface area contributed by atoms with Gasteiger partial charge >= 0.3 is 0 Å². The zero-order chi connectivity index (χ0) is 15.0. The van der Waals surface area contributed by atoms with Crippen molar-refractivity contribution >= 4 is 0 Å². The van der Waals surface area contributed by atoms with Crippen LogP contribution in [0.1, 0.15) is 24.9 Å². The van der Waals surface area contributed by atoms with Gasteiger partial charge in [0.1, 0.15) is 0 Å². The lowest BCUT2D eigenvalue weighted by molar-refractivity contribution is -0.0999. The van der Waals surface area contributed by atoms with Gasteiger partial charge in [0.25, 0.3) is 0 Å². The van der Waals surface area contributed by atoms with Crippen molar-refractivity contribution in [3.05, 3.63) is 23.8 Å². The quantitative estimate of drug-likeness (QED) is 0.705. The van der Waals surface area contributed by atoms with Gasteiger partial charge in [0, 0.05) is 26.8 Å². The highest BCUT2D eigenvalue weighted by Crippen LogP contribution is 2.30. The molecule has 0 saturated heterocycles. The van der Waals surface area contributed by atoms with Crippen molar-refractivity contribution in [3.8, 4) is 11.5 Å². The maximum Gasteiger partial charge on any atom is 0.169 e. The lowest BCUT2D eigenvalue weighted by Gasteiger charge is -2.22. The summed E-state index contributed by atoms with van der Waals surface area (Å²) >= 11 is 0. The molecule has 1 atom stereocenters. The molecule has 0 heterocycles. The highest BCUT2D eigenvalue weighted by molar-refractivity contribution is 5.43. The molecule has 114 valence electrons. The van der Waals surface area contributed by atoms with Crippen LogP contribution in [-0.2, 0) is 9.47 Å². The van der Waals surface area contributed by atoms with Crippen LogP contribution < -0.4 is 14.8 Å². The average Bonchev–Trinajstić information content (AvgIpc) is 2.51. The molecule has 20 heavy (non-hydrogen) atoms. The van der Waals surface area contributed by atoms with Crippen molar-refractivity contribution in [1.82, 2.24) is 5.32 Å². The number of benzene rings is 1. The highest BCUT2D eigenvalue weighted by Gasteiger charge is 2.14. The van der Waals surface area contributed by atoms with Crippen LogP contribution in [-0.4, -0.2) is 41.3 Å². The Bertz CT molecular complexity index is 393. The summed E-state index contributed by atoms with van der Waals surface area (Å²) in [6, 6.07) is 6.16. The Balaban J connectivity index is 2.79. The van der Waals surface area contributed by atoms with E-state index in [0.29, 0.717) is 6.54 Å². The van der Waals surface area contributed by atoms with Crippen molar-refractivity contribution in [2.45, 2.75) is 25.7 Å². The minimum Gasteiger partial charge on any atom is -0.493 e. The smallest absolute Gasteiger partial charge is 0.169 e. The molecule has 5 heteroatoms. The van der Waals surface area contributed by atoms with Crippen LogP contribution in [0.25, 0.3) is 0 Å². The normalized spacial score (nSPS) is 12.5. The third kappa shape index (κ3) is 4.37. The van der Waals surface area contributed by atoms with Crippen molar-refractivity contribution < 1.29 is 18.9 Å². The number of methoxy groups -OCH3 is 4. The van der Waals surface area contributed by atoms with Crippen molar-refractivity contribution in [1.29, 1.82) is 0 Å². The van der Waals surface area contributed by atoms with Gasteiger partial charge in [0.05, 0.1) is 14.2 Å². The largest absolute Gasteiger partial charge is 0.493 e. The molecule has 0 aromatic heterocycles. The van der Waals surface area contributed by atoms with Crippen LogP contribution in [0, 0.1) is 0 Å². The third-order valence-corrected chi connectivity index (χ3v) is 3.27. The summed E-state index contributed by atoms with van der Waals surface area (Å²) in [6.45, 7) is 2.75. The maximum atomic E-state index is 5.34. The standard InChI is InChI=1S/C15H25NO4/c1-6-12(16-10-15(19-4)20-5)11-7-8-13(17-2)14(9-11)18-3/h7-9,12,15-16H,6,10H2,1-5H3. The third-order valence-electron chi connectivity index (χ3n) is 3.27. The molecule has 0 aliphatic rings. The van der Waals surface area contributed by atoms with Gasteiger partial charge in [0.15, 0.2) is 17.8 Å². The van der Waals surface area contributed by atoms with E-state index in [0.717, 1.165) is 23.5 Å². The molecule has 0 amide bonds. The van der Waals surface area contributed by atoms with Crippen LogP contribution >= 0.6 is 0 Å². The van der Waals surface area contributed by atoms with Gasteiger partial charge in [-0.15, -0.1) is 0 Å². The average molecular weight is 283 g/mol. The van der Waals surface area contributed by atoms with Crippen LogP contribution in [0.4, 0.5) is 0 Å². The molecule has 1 N–H and O–H groups in total. The molecule has 0 fully saturated rings. The molecule has 0 bridgehead atoms. The van der Waals surface area contributed by atoms with Gasteiger partial charge < -0.3 is 24.3 Å². The molecular weight excluding hydrogens is 258 g/mol. The first-order valence-electron chi connectivity index (χ1n) is 6.71. The molecule has 0 saturated carbocycles. The Morgan fingerprint density at radius 1 is 1.00 bits per heavy atom. The first kappa shape index (κ1) is 16.8. The van der Waals surface area contributed by atoms with E-state index in [1.165, 1.54) is 0 Å². The molecule has 1 unspecified atom stereocenters. The zero-order valence-corrected chi connectivity index (χ0v) is 12.9. The second-order valence-electron chi connectivity index (χ2n) is 4.38. The lowest BCUT2D eigenvalue weighted by atomic mass is 10.0. The van der Waals surface area contributed by atoms with Gasteiger partial charge in [-0.05, 0) is 24.1 Å². The van der Waals surface area contributed by atoms with E-state index in [1.807, 2.05) is 18.2 Å². The summed E-state index contributed by atoms with van der Waals surface area (Å²) in [5.74, 6) is 1.47. The summed E-state index contributed by atoms with van der Waals surface area (Å²) in [7, 11) is 6.54. The molecule has 0 spiro atoms. The Hall–Kier alpha value is -1.30. The highest BCUT2D eigenvalue weighted by atomic mass is 16.7. The first-order chi connectivity index (χ1) is 9.69. The second-order valence-corrected chi connectivity index (χ2v) is 4.38. The summed E-state index contributed by atoms with van der Waals surface area (Å²) in [6.07, 6.45) is 0.708. The van der Waals surface area contributed by atoms with E-state index in [1.54, 1.807) is 28.4 Å². The fraction of sp³-hybridized carbons (Fsp3) is 0.600. The molecule has 1 rings (SSSR count). The van der Waals surface area contributed by atoms with Crippen molar-refractivity contribution in [3.63, 3.8) is 0 Å². The van der Waals surface area contributed by atoms with Crippen LogP contribution in [0.2, 0.25) is 0 Å². The SMILES string of the molecule is CCC(NCC(OC)OC)c1ccc(OC)c(OC)c1. The van der Waals surface area contributed by atoms with E-state index in [2.05, 4.69) is 12.2 Å². The molecule has 1 aromatic rings. The van der Waals surface area contributed by atoms with Crippen LogP contribution in [0.3, 0.4) is 0 Å². The topological polar surface area (TPSA) is 49.0 Å². The molecule has 5 nitrogen and oxygen atoms in total. The summed E-state index contributed by atoms with van der Waals surface area (Å²) in [5.41, 5.74) is 1.15. The molecule has 1 aromatic carbocycles. The maximum absolute atomic E-state index is 5.34. The molecule has 0 radical (unpaired) electrons. The first-order valence-corrected chi connectivity index (χ1v) is 6.71. The van der Waals surface area contributed by atoms with Crippen molar-refractivity contribution in [2.24, 2.45) is 0 Å². The fourth-order valence-electron chi connectivity index (χ4n) is 2.07. The van der Waals surface area contributed by atoms with Gasteiger partial charge in [-0.25, -0.2) is 0 Å². The van der Waals surface area contributed by atoms with Gasteiger partial charge in [0.2, 0.25) is 0 Å². The minimum absolute atomic E-state index is 0.211.